The summed E-state index contributed by atoms with van der Waals surface area (Å²) in [4.78, 5) is 26.6. The number of allylic oxidation sites excluding steroid dienone is 8. The molecule has 0 bridgehead atoms. The standard InChI is InChI=1S/2C13H14F2NO2.2C5H5.Ti/c2*1-3-18-8-13(2)7-16(12(13)17)11-5-4-9(14)6-10(11)15;2*1-2-4-5-3-1;/h2*4-5H,3,7-8H2,1-2H3;2*1-3H,4H2;/q4*-1;+4. The maximum atomic E-state index is 13.5. The Hall–Kier alpha value is -3.31. The zero-order valence-electron chi connectivity index (χ0n) is 27.0. The fourth-order valence-electron chi connectivity index (χ4n) is 4.67. The summed E-state index contributed by atoms with van der Waals surface area (Å²) in [6, 6.07) is 8.51. The van der Waals surface area contributed by atoms with Gasteiger partial charge in [-0.25, -0.2) is 41.9 Å². The molecule has 2 unspecified atom stereocenters. The molecule has 2 aromatic carbocycles. The number of nitrogens with zero attached hydrogens (tertiary/aromatic N) is 2. The van der Waals surface area contributed by atoms with Crippen LogP contribution in [0, 0.1) is 58.4 Å². The molecule has 0 saturated carbocycles. The Bertz CT molecular complexity index is 1350. The average molecular weight is 687 g/mol. The van der Waals surface area contributed by atoms with Gasteiger partial charge in [-0.3, -0.25) is 21.7 Å². The number of hydrogen-bond acceptors (Lipinski definition) is 4. The van der Waals surface area contributed by atoms with Crippen molar-refractivity contribution >= 4 is 23.2 Å². The van der Waals surface area contributed by atoms with Crippen LogP contribution in [0.15, 0.2) is 60.7 Å². The molecule has 0 spiro atoms. The molecular weight excluding hydrogens is 648 g/mol. The second kappa shape index (κ2) is 18.9. The predicted octanol–water partition coefficient (Wildman–Crippen LogP) is 6.92. The predicted molar refractivity (Wildman–Crippen MR) is 167 cm³/mol. The third-order valence-corrected chi connectivity index (χ3v) is 7.22. The first kappa shape index (κ1) is 39.9. The molecule has 0 radical (unpaired) electrons. The molecule has 2 aliphatic heterocycles. The van der Waals surface area contributed by atoms with Crippen LogP contribution < -0.4 is 9.80 Å². The number of halogens is 4. The van der Waals surface area contributed by atoms with E-state index in [2.05, 4.69) is 24.3 Å². The van der Waals surface area contributed by atoms with Crippen molar-refractivity contribution in [1.29, 1.82) is 0 Å². The molecular formula is C36H38F4N2O4Ti. The van der Waals surface area contributed by atoms with Crippen LogP contribution in [0.2, 0.25) is 0 Å². The number of carbonyl (C=O) groups is 2. The molecule has 11 heteroatoms. The van der Waals surface area contributed by atoms with Crippen molar-refractivity contribution in [3.05, 3.63) is 108 Å². The number of β-lactam (4-membered cyclic amide) rings is 2. The van der Waals surface area contributed by atoms with Crippen LogP contribution in [-0.4, -0.2) is 51.3 Å². The quantitative estimate of drug-likeness (QED) is 0.131. The fourth-order valence-corrected chi connectivity index (χ4v) is 4.67. The molecule has 2 amide bonds. The summed E-state index contributed by atoms with van der Waals surface area (Å²) < 4.78 is 62.9. The van der Waals surface area contributed by atoms with Crippen LogP contribution >= 0.6 is 0 Å². The molecule has 47 heavy (non-hydrogen) atoms. The van der Waals surface area contributed by atoms with E-state index in [9.17, 15) is 27.2 Å². The van der Waals surface area contributed by atoms with Crippen molar-refractivity contribution in [2.24, 2.45) is 10.8 Å². The van der Waals surface area contributed by atoms with Crippen molar-refractivity contribution < 1.29 is 58.3 Å². The van der Waals surface area contributed by atoms with Crippen molar-refractivity contribution in [2.75, 3.05) is 49.3 Å². The summed E-state index contributed by atoms with van der Waals surface area (Å²) in [6.07, 6.45) is 20.0. The van der Waals surface area contributed by atoms with E-state index < -0.39 is 34.1 Å². The van der Waals surface area contributed by atoms with Gasteiger partial charge in [0.05, 0.1) is 24.0 Å². The van der Waals surface area contributed by atoms with E-state index in [4.69, 9.17) is 9.47 Å². The zero-order valence-corrected chi connectivity index (χ0v) is 28.5. The normalized spacial score (nSPS) is 21.4. The van der Waals surface area contributed by atoms with Crippen molar-refractivity contribution in [1.82, 2.24) is 0 Å². The number of benzene rings is 2. The molecule has 2 aromatic rings. The molecule has 2 fully saturated rings. The molecule has 2 atom stereocenters. The summed E-state index contributed by atoms with van der Waals surface area (Å²) in [7, 11) is 0. The number of ether oxygens (including phenoxy) is 2. The molecule has 0 aromatic heterocycles. The number of hydrogen-bond donors (Lipinski definition) is 0. The molecule has 248 valence electrons. The van der Waals surface area contributed by atoms with E-state index in [0.29, 0.717) is 39.5 Å². The minimum Gasteiger partial charge on any atom is -0.381 e. The topological polar surface area (TPSA) is 59.1 Å². The van der Waals surface area contributed by atoms with Gasteiger partial charge in [0.15, 0.2) is 0 Å². The Kier molecular flexibility index (Phi) is 16.0. The van der Waals surface area contributed by atoms with Crippen LogP contribution in [0.25, 0.3) is 0 Å². The number of amides is 2. The average Bonchev–Trinajstić information content (AvgIpc) is 3.82. The molecule has 6 nitrogen and oxygen atoms in total. The van der Waals surface area contributed by atoms with E-state index in [1.807, 2.05) is 50.3 Å². The minimum atomic E-state index is -0.846. The van der Waals surface area contributed by atoms with Gasteiger partial charge in [-0.05, 0) is 39.1 Å². The maximum absolute atomic E-state index is 13.5. The Labute approximate surface area is 289 Å². The monoisotopic (exact) mass is 686 g/mol. The van der Waals surface area contributed by atoms with Crippen molar-refractivity contribution in [2.45, 2.75) is 40.5 Å². The van der Waals surface area contributed by atoms with Crippen LogP contribution in [0.5, 0.6) is 0 Å². The summed E-state index contributed by atoms with van der Waals surface area (Å²) in [5.41, 5.74) is -1.10. The first-order valence-corrected chi connectivity index (χ1v) is 14.9. The van der Waals surface area contributed by atoms with Gasteiger partial charge in [0.1, 0.15) is 0 Å². The van der Waals surface area contributed by atoms with Crippen molar-refractivity contribution in [3.63, 3.8) is 0 Å². The van der Waals surface area contributed by atoms with Crippen LogP contribution in [0.4, 0.5) is 28.9 Å². The molecule has 2 aliphatic carbocycles. The van der Waals surface area contributed by atoms with E-state index in [1.165, 1.54) is 21.9 Å². The van der Waals surface area contributed by atoms with Crippen LogP contribution in [0.3, 0.4) is 0 Å². The molecule has 2 heterocycles. The van der Waals surface area contributed by atoms with Crippen molar-refractivity contribution in [3.8, 4) is 0 Å². The molecule has 0 N–H and O–H groups in total. The largest absolute Gasteiger partial charge is 4.00 e. The third kappa shape index (κ3) is 10.9. The molecule has 6 rings (SSSR count). The van der Waals surface area contributed by atoms with Gasteiger partial charge in [-0.2, -0.15) is 12.2 Å². The fraction of sp³-hybridized carbons (Fsp3) is 0.389. The second-order valence-electron chi connectivity index (χ2n) is 11.2. The van der Waals surface area contributed by atoms with Gasteiger partial charge in [-0.15, -0.1) is 49.2 Å². The summed E-state index contributed by atoms with van der Waals surface area (Å²) in [6.45, 7) is 9.64. The van der Waals surface area contributed by atoms with Crippen LogP contribution in [-0.2, 0) is 40.8 Å². The van der Waals surface area contributed by atoms with Gasteiger partial charge in [0.2, 0.25) is 11.8 Å². The Balaban J connectivity index is 0.000000248. The first-order chi connectivity index (χ1) is 22.0. The SMILES string of the molecule is CCOCC1(C)CN(c2ccc(F)[c-]c2F)C1=O.CCOCC1(C)CN(c2ccc(F)[c-]c2F)C1=O.[C-]1=CC=CC1.[C-]1=CC=CC1.[Ti+4]. The molecule has 2 saturated heterocycles. The summed E-state index contributed by atoms with van der Waals surface area (Å²) in [5.74, 6) is -3.67. The second-order valence-corrected chi connectivity index (χ2v) is 11.2. The number of carbonyl (C=O) groups excluding carboxylic acids is 2. The van der Waals surface area contributed by atoms with Gasteiger partial charge in [0, 0.05) is 49.6 Å². The Morgan fingerprint density at radius 1 is 0.702 bits per heavy atom. The van der Waals surface area contributed by atoms with E-state index >= 15 is 0 Å². The third-order valence-electron chi connectivity index (χ3n) is 7.22. The minimum absolute atomic E-state index is 0. The number of anilines is 2. The Morgan fingerprint density at radius 3 is 1.32 bits per heavy atom. The molecule has 4 aliphatic rings. The zero-order chi connectivity index (χ0) is 33.7. The van der Waals surface area contributed by atoms with Gasteiger partial charge in [0.25, 0.3) is 0 Å². The smallest absolute Gasteiger partial charge is 0.381 e. The van der Waals surface area contributed by atoms with E-state index in [0.717, 1.165) is 25.0 Å². The van der Waals surface area contributed by atoms with Gasteiger partial charge < -0.3 is 19.3 Å². The summed E-state index contributed by atoms with van der Waals surface area (Å²) in [5, 5.41) is 0. The van der Waals surface area contributed by atoms with Crippen LogP contribution in [0.1, 0.15) is 40.5 Å². The first-order valence-electron chi connectivity index (χ1n) is 14.9. The number of rotatable bonds is 8. The van der Waals surface area contributed by atoms with Gasteiger partial charge in [-0.1, -0.05) is 0 Å². The van der Waals surface area contributed by atoms with Gasteiger partial charge >= 0.3 is 21.7 Å². The van der Waals surface area contributed by atoms with E-state index in [1.54, 1.807) is 13.8 Å². The maximum Gasteiger partial charge on any atom is 4.00 e. The summed E-state index contributed by atoms with van der Waals surface area (Å²) >= 11 is 0. The Morgan fingerprint density at radius 2 is 1.09 bits per heavy atom. The van der Waals surface area contributed by atoms with E-state index in [-0.39, 0.29) is 44.9 Å².